The van der Waals surface area contributed by atoms with E-state index in [2.05, 4.69) is 11.2 Å². The summed E-state index contributed by atoms with van der Waals surface area (Å²) in [5.74, 6) is 1.52. The molecule has 0 spiro atoms. The third-order valence-electron chi connectivity index (χ3n) is 2.63. The van der Waals surface area contributed by atoms with E-state index in [9.17, 15) is 8.78 Å². The summed E-state index contributed by atoms with van der Waals surface area (Å²) in [6, 6.07) is 3.53. The minimum absolute atomic E-state index is 0.124. The number of rotatable bonds is 6. The fourth-order valence-corrected chi connectivity index (χ4v) is 1.63. The molecule has 0 aromatic heterocycles. The van der Waals surface area contributed by atoms with Gasteiger partial charge >= 0.3 is 0 Å². The molecule has 1 aromatic rings. The van der Waals surface area contributed by atoms with Gasteiger partial charge in [-0.15, -0.1) is 12.3 Å². The first-order valence-corrected chi connectivity index (χ1v) is 5.77. The van der Waals surface area contributed by atoms with Gasteiger partial charge in [-0.3, -0.25) is 0 Å². The summed E-state index contributed by atoms with van der Waals surface area (Å²) in [7, 11) is 0. The molecule has 0 fully saturated rings. The first kappa shape index (κ1) is 13.7. The van der Waals surface area contributed by atoms with Gasteiger partial charge in [-0.05, 0) is 32.4 Å². The van der Waals surface area contributed by atoms with Crippen molar-refractivity contribution in [3.05, 3.63) is 35.4 Å². The zero-order valence-electron chi connectivity index (χ0n) is 9.97. The molecule has 0 radical (unpaired) electrons. The van der Waals surface area contributed by atoms with Gasteiger partial charge in [-0.25, -0.2) is 8.78 Å². The van der Waals surface area contributed by atoms with Crippen molar-refractivity contribution in [3.63, 3.8) is 0 Å². The van der Waals surface area contributed by atoms with Crippen molar-refractivity contribution in [1.82, 2.24) is 5.32 Å². The lowest BCUT2D eigenvalue weighted by Crippen LogP contribution is -2.20. The van der Waals surface area contributed by atoms with Gasteiger partial charge in [0.2, 0.25) is 0 Å². The van der Waals surface area contributed by atoms with Crippen LogP contribution in [0.3, 0.4) is 0 Å². The number of halogens is 2. The molecule has 17 heavy (non-hydrogen) atoms. The molecule has 1 rings (SSSR count). The lowest BCUT2D eigenvalue weighted by molar-refractivity contribution is 0.509. The Balaban J connectivity index is 2.42. The van der Waals surface area contributed by atoms with Gasteiger partial charge in [-0.1, -0.05) is 6.07 Å². The molecule has 0 aliphatic carbocycles. The molecule has 3 heteroatoms. The Morgan fingerprint density at radius 3 is 2.76 bits per heavy atom. The SMILES string of the molecule is C#CCCCCNC(C)c1ccc(F)cc1F. The average molecular weight is 237 g/mol. The van der Waals surface area contributed by atoms with Crippen molar-refractivity contribution in [3.8, 4) is 12.3 Å². The largest absolute Gasteiger partial charge is 0.310 e. The second-order valence-corrected chi connectivity index (χ2v) is 4.00. The maximum absolute atomic E-state index is 13.4. The van der Waals surface area contributed by atoms with Gasteiger partial charge in [0.1, 0.15) is 11.6 Å². The fraction of sp³-hybridized carbons (Fsp3) is 0.429. The Hall–Kier alpha value is -1.40. The molecule has 0 saturated heterocycles. The van der Waals surface area contributed by atoms with E-state index in [-0.39, 0.29) is 6.04 Å². The van der Waals surface area contributed by atoms with E-state index in [1.165, 1.54) is 12.1 Å². The third kappa shape index (κ3) is 4.54. The summed E-state index contributed by atoms with van der Waals surface area (Å²) in [5, 5.41) is 3.19. The summed E-state index contributed by atoms with van der Waals surface area (Å²) in [5.41, 5.74) is 0.489. The lowest BCUT2D eigenvalue weighted by atomic mass is 10.1. The zero-order chi connectivity index (χ0) is 12.7. The van der Waals surface area contributed by atoms with E-state index in [0.717, 1.165) is 31.9 Å². The van der Waals surface area contributed by atoms with Crippen LogP contribution in [0, 0.1) is 24.0 Å². The van der Waals surface area contributed by atoms with E-state index in [1.54, 1.807) is 0 Å². The van der Waals surface area contributed by atoms with E-state index in [0.29, 0.717) is 5.56 Å². The summed E-state index contributed by atoms with van der Waals surface area (Å²) in [4.78, 5) is 0. The van der Waals surface area contributed by atoms with Gasteiger partial charge in [0, 0.05) is 24.1 Å². The lowest BCUT2D eigenvalue weighted by Gasteiger charge is -2.14. The summed E-state index contributed by atoms with van der Waals surface area (Å²) in [6.07, 6.45) is 7.82. The predicted molar refractivity (Wildman–Crippen MR) is 65.5 cm³/mol. The predicted octanol–water partition coefficient (Wildman–Crippen LogP) is 3.42. The van der Waals surface area contributed by atoms with Crippen molar-refractivity contribution in [1.29, 1.82) is 0 Å². The molecule has 0 heterocycles. The molecular weight excluding hydrogens is 220 g/mol. The molecule has 1 N–H and O–H groups in total. The van der Waals surface area contributed by atoms with Crippen LogP contribution in [0.1, 0.15) is 37.8 Å². The minimum atomic E-state index is -0.549. The smallest absolute Gasteiger partial charge is 0.130 e. The summed E-state index contributed by atoms with van der Waals surface area (Å²) < 4.78 is 26.1. The molecule has 1 aromatic carbocycles. The Labute approximate surface area is 101 Å². The monoisotopic (exact) mass is 237 g/mol. The van der Waals surface area contributed by atoms with Crippen LogP contribution >= 0.6 is 0 Å². The average Bonchev–Trinajstić information content (AvgIpc) is 2.28. The molecule has 0 amide bonds. The highest BCUT2D eigenvalue weighted by Crippen LogP contribution is 2.17. The van der Waals surface area contributed by atoms with E-state index in [1.807, 2.05) is 6.92 Å². The van der Waals surface area contributed by atoms with Crippen LogP contribution in [-0.4, -0.2) is 6.54 Å². The molecule has 0 aliphatic rings. The number of terminal acetylenes is 1. The van der Waals surface area contributed by atoms with E-state index in [4.69, 9.17) is 6.42 Å². The van der Waals surface area contributed by atoms with Crippen molar-refractivity contribution in [2.24, 2.45) is 0 Å². The van der Waals surface area contributed by atoms with E-state index < -0.39 is 11.6 Å². The van der Waals surface area contributed by atoms with Crippen LogP contribution in [0.25, 0.3) is 0 Å². The van der Waals surface area contributed by atoms with Crippen molar-refractivity contribution in [2.75, 3.05) is 6.54 Å². The van der Waals surface area contributed by atoms with Crippen LogP contribution in [-0.2, 0) is 0 Å². The third-order valence-corrected chi connectivity index (χ3v) is 2.63. The van der Waals surface area contributed by atoms with Gasteiger partial charge < -0.3 is 5.32 Å². The molecule has 0 bridgehead atoms. The first-order valence-electron chi connectivity index (χ1n) is 5.77. The van der Waals surface area contributed by atoms with Crippen molar-refractivity contribution >= 4 is 0 Å². The van der Waals surface area contributed by atoms with Gasteiger partial charge in [-0.2, -0.15) is 0 Å². The highest BCUT2D eigenvalue weighted by molar-refractivity contribution is 5.21. The molecule has 0 aliphatic heterocycles. The number of unbranched alkanes of at least 4 members (excludes halogenated alkanes) is 2. The highest BCUT2D eigenvalue weighted by atomic mass is 19.1. The number of hydrogen-bond acceptors (Lipinski definition) is 1. The topological polar surface area (TPSA) is 12.0 Å². The maximum Gasteiger partial charge on any atom is 0.130 e. The maximum atomic E-state index is 13.4. The summed E-state index contributed by atoms with van der Waals surface area (Å²) >= 11 is 0. The summed E-state index contributed by atoms with van der Waals surface area (Å²) in [6.45, 7) is 2.64. The van der Waals surface area contributed by atoms with Crippen LogP contribution in [0.4, 0.5) is 8.78 Å². The zero-order valence-corrected chi connectivity index (χ0v) is 9.97. The standard InChI is InChI=1S/C14H17F2N/c1-3-4-5-6-9-17-11(2)13-8-7-12(15)10-14(13)16/h1,7-8,10-11,17H,4-6,9H2,2H3. The van der Waals surface area contributed by atoms with Gasteiger partial charge in [0.05, 0.1) is 0 Å². The van der Waals surface area contributed by atoms with Crippen LogP contribution in [0.15, 0.2) is 18.2 Å². The minimum Gasteiger partial charge on any atom is -0.310 e. The van der Waals surface area contributed by atoms with Crippen LogP contribution < -0.4 is 5.32 Å². The number of hydrogen-bond donors (Lipinski definition) is 1. The molecule has 1 nitrogen and oxygen atoms in total. The Morgan fingerprint density at radius 2 is 2.12 bits per heavy atom. The van der Waals surface area contributed by atoms with Crippen molar-refractivity contribution < 1.29 is 8.78 Å². The normalized spacial score (nSPS) is 12.1. The second kappa shape index (κ2) is 7.03. The van der Waals surface area contributed by atoms with Crippen molar-refractivity contribution in [2.45, 2.75) is 32.2 Å². The Bertz CT molecular complexity index is 396. The Kier molecular flexibility index (Phi) is 5.65. The number of nitrogens with one attached hydrogen (secondary N) is 1. The fourth-order valence-electron chi connectivity index (χ4n) is 1.63. The first-order chi connectivity index (χ1) is 8.15. The quantitative estimate of drug-likeness (QED) is 0.590. The highest BCUT2D eigenvalue weighted by Gasteiger charge is 2.10. The van der Waals surface area contributed by atoms with Crippen LogP contribution in [0.5, 0.6) is 0 Å². The molecular formula is C14H17F2N. The van der Waals surface area contributed by atoms with Crippen LogP contribution in [0.2, 0.25) is 0 Å². The molecule has 1 atom stereocenters. The molecule has 0 saturated carbocycles. The van der Waals surface area contributed by atoms with Gasteiger partial charge in [0.15, 0.2) is 0 Å². The van der Waals surface area contributed by atoms with E-state index >= 15 is 0 Å². The second-order valence-electron chi connectivity index (χ2n) is 4.00. The molecule has 1 unspecified atom stereocenters. The van der Waals surface area contributed by atoms with Gasteiger partial charge in [0.25, 0.3) is 0 Å². The Morgan fingerprint density at radius 1 is 1.35 bits per heavy atom. The molecule has 92 valence electrons. The number of benzene rings is 1.